The van der Waals surface area contributed by atoms with E-state index in [4.69, 9.17) is 20.0 Å². The lowest BCUT2D eigenvalue weighted by molar-refractivity contribution is 0.0899. The minimum absolute atomic E-state index is 0.444. The zero-order valence-electron chi connectivity index (χ0n) is 20.9. The summed E-state index contributed by atoms with van der Waals surface area (Å²) in [5.74, 6) is 0.444. The monoisotopic (exact) mass is 486 g/mol. The van der Waals surface area contributed by atoms with Gasteiger partial charge in [0.25, 0.3) is 0 Å². The second-order valence-electron chi connectivity index (χ2n) is 10.9. The van der Waals surface area contributed by atoms with Gasteiger partial charge in [-0.25, -0.2) is 9.97 Å². The van der Waals surface area contributed by atoms with Gasteiger partial charge in [-0.3, -0.25) is 9.30 Å². The summed E-state index contributed by atoms with van der Waals surface area (Å²) >= 11 is 0. The fraction of sp³-hybridized carbons (Fsp3) is 0.444. The van der Waals surface area contributed by atoms with E-state index in [1.165, 1.54) is 22.8 Å². The lowest BCUT2D eigenvalue weighted by Crippen LogP contribution is -2.32. The van der Waals surface area contributed by atoms with Crippen molar-refractivity contribution in [3.63, 3.8) is 0 Å². The Morgan fingerprint density at radius 1 is 1.06 bits per heavy atom. The Labute approximate surface area is 208 Å². The van der Waals surface area contributed by atoms with Gasteiger partial charge in [0.15, 0.2) is 0 Å². The molecule has 8 heteroatoms. The molecule has 0 amide bonds. The summed E-state index contributed by atoms with van der Waals surface area (Å²) in [4.78, 5) is 12.1. The molecule has 0 atom stereocenters. The van der Waals surface area contributed by atoms with Crippen molar-refractivity contribution in [2.45, 2.75) is 57.7 Å². The van der Waals surface area contributed by atoms with Crippen LogP contribution in [0.25, 0.3) is 16.6 Å². The molecule has 1 aliphatic rings. The van der Waals surface area contributed by atoms with Gasteiger partial charge in [-0.2, -0.15) is 5.26 Å². The average Bonchev–Trinajstić information content (AvgIpc) is 3.46. The van der Waals surface area contributed by atoms with Crippen LogP contribution in [0.2, 0.25) is 25.7 Å². The van der Waals surface area contributed by atoms with E-state index >= 15 is 0 Å². The van der Waals surface area contributed by atoms with Crippen molar-refractivity contribution in [3.8, 4) is 6.07 Å². The molecule has 182 valence electrons. The maximum atomic E-state index is 9.01. The van der Waals surface area contributed by atoms with Crippen molar-refractivity contribution >= 4 is 24.6 Å². The van der Waals surface area contributed by atoms with Gasteiger partial charge in [-0.1, -0.05) is 31.8 Å². The third-order valence-electron chi connectivity index (χ3n) is 7.01. The molecule has 0 spiro atoms. The van der Waals surface area contributed by atoms with Crippen molar-refractivity contribution in [1.82, 2.24) is 23.8 Å². The maximum absolute atomic E-state index is 9.01. The lowest BCUT2D eigenvalue weighted by atomic mass is 9.92. The molecule has 0 aliphatic carbocycles. The van der Waals surface area contributed by atoms with Gasteiger partial charge in [0, 0.05) is 38.7 Å². The number of imidazole rings is 1. The van der Waals surface area contributed by atoms with Crippen LogP contribution in [0.5, 0.6) is 0 Å². The van der Waals surface area contributed by atoms with E-state index in [0.717, 1.165) is 50.1 Å². The van der Waals surface area contributed by atoms with Crippen molar-refractivity contribution in [2.24, 2.45) is 0 Å². The highest BCUT2D eigenvalue weighted by Gasteiger charge is 2.25. The number of aromatic nitrogens is 4. The van der Waals surface area contributed by atoms with Crippen LogP contribution in [0.1, 0.15) is 35.6 Å². The van der Waals surface area contributed by atoms with E-state index in [1.807, 2.05) is 24.8 Å². The predicted octanol–water partition coefficient (Wildman–Crippen LogP) is 5.25. The average molecular weight is 487 g/mol. The fourth-order valence-electron chi connectivity index (χ4n) is 4.90. The number of nitrogens with zero attached hydrogens (tertiary/aromatic N) is 6. The van der Waals surface area contributed by atoms with Crippen molar-refractivity contribution in [2.75, 3.05) is 19.7 Å². The number of fused-ring (bicyclic) bond motifs is 3. The molecule has 0 N–H and O–H groups in total. The van der Waals surface area contributed by atoms with Gasteiger partial charge in [0.1, 0.15) is 25.0 Å². The van der Waals surface area contributed by atoms with E-state index in [1.54, 1.807) is 0 Å². The summed E-state index contributed by atoms with van der Waals surface area (Å²) in [6.45, 7) is 11.5. The molecule has 4 aromatic rings. The summed E-state index contributed by atoms with van der Waals surface area (Å²) in [7, 11) is -1.09. The Hall–Kier alpha value is -2.99. The minimum atomic E-state index is -1.09. The highest BCUT2D eigenvalue weighted by Crippen LogP contribution is 2.33. The van der Waals surface area contributed by atoms with Gasteiger partial charge >= 0.3 is 0 Å². The maximum Gasteiger partial charge on any atom is 0.145 e. The van der Waals surface area contributed by atoms with Crippen LogP contribution >= 0.6 is 0 Å². The Morgan fingerprint density at radius 3 is 2.51 bits per heavy atom. The van der Waals surface area contributed by atoms with Crippen LogP contribution < -0.4 is 0 Å². The molecule has 0 radical (unpaired) electrons. The Bertz CT molecular complexity index is 1340. The fourth-order valence-corrected chi connectivity index (χ4v) is 5.66. The van der Waals surface area contributed by atoms with Gasteiger partial charge in [0.2, 0.25) is 0 Å². The highest BCUT2D eigenvalue weighted by atomic mass is 28.3. The molecular weight excluding hydrogens is 452 g/mol. The van der Waals surface area contributed by atoms with E-state index in [0.29, 0.717) is 18.2 Å². The summed E-state index contributed by atoms with van der Waals surface area (Å²) in [5, 5.41) is 10.2. The Morgan fingerprint density at radius 2 is 1.80 bits per heavy atom. The summed E-state index contributed by atoms with van der Waals surface area (Å²) < 4.78 is 10.2. The van der Waals surface area contributed by atoms with Crippen LogP contribution in [0, 0.1) is 11.3 Å². The van der Waals surface area contributed by atoms with E-state index in [2.05, 4.69) is 64.0 Å². The van der Waals surface area contributed by atoms with Crippen LogP contribution in [-0.4, -0.2) is 51.6 Å². The third kappa shape index (κ3) is 5.32. The number of ether oxygens (including phenoxy) is 1. The predicted molar refractivity (Wildman–Crippen MR) is 141 cm³/mol. The standard InChI is InChI=1S/C27H34N6OSi/c1-35(2,3)15-14-34-20-32-13-10-24-26-25(29-18-33(26)19-30-27(24)32)23-8-11-31(12-9-23)17-22-6-4-21(16-28)5-7-22/h4-7,10,13,18-19,23H,8-9,11-12,14-15,17,20H2,1-3H3. The second-order valence-corrected chi connectivity index (χ2v) is 16.5. The third-order valence-corrected chi connectivity index (χ3v) is 8.71. The smallest absolute Gasteiger partial charge is 0.145 e. The van der Waals surface area contributed by atoms with Crippen LogP contribution in [0.4, 0.5) is 0 Å². The molecule has 1 aliphatic heterocycles. The van der Waals surface area contributed by atoms with Crippen LogP contribution in [-0.2, 0) is 18.0 Å². The molecule has 1 aromatic carbocycles. The lowest BCUT2D eigenvalue weighted by Gasteiger charge is -2.31. The number of hydrogen-bond donors (Lipinski definition) is 0. The largest absolute Gasteiger partial charge is 0.361 e. The summed E-state index contributed by atoms with van der Waals surface area (Å²) in [6, 6.07) is 13.5. The first kappa shape index (κ1) is 23.7. The first-order valence-corrected chi connectivity index (χ1v) is 16.2. The van der Waals surface area contributed by atoms with E-state index < -0.39 is 8.07 Å². The molecule has 1 fully saturated rings. The Balaban J connectivity index is 1.27. The number of benzene rings is 1. The molecule has 3 aromatic heterocycles. The van der Waals surface area contributed by atoms with Gasteiger partial charge in [0.05, 0.1) is 22.8 Å². The van der Waals surface area contributed by atoms with Crippen molar-refractivity contribution < 1.29 is 4.74 Å². The molecule has 1 saturated heterocycles. The Kier molecular flexibility index (Phi) is 6.74. The van der Waals surface area contributed by atoms with Gasteiger partial charge in [-0.15, -0.1) is 0 Å². The minimum Gasteiger partial charge on any atom is -0.361 e. The zero-order chi connectivity index (χ0) is 24.4. The van der Waals surface area contributed by atoms with Crippen molar-refractivity contribution in [3.05, 3.63) is 66.0 Å². The van der Waals surface area contributed by atoms with Crippen LogP contribution in [0.3, 0.4) is 0 Å². The first-order valence-electron chi connectivity index (χ1n) is 12.5. The molecule has 0 unspecified atom stereocenters. The SMILES string of the molecule is C[Si](C)(C)CCOCn1ccc2c1ncn1cnc(C3CCN(Cc4ccc(C#N)cc4)CC3)c21. The number of likely N-dealkylation sites (tertiary alicyclic amines) is 1. The summed E-state index contributed by atoms with van der Waals surface area (Å²) in [5.41, 5.74) is 5.31. The van der Waals surface area contributed by atoms with Crippen molar-refractivity contribution in [1.29, 1.82) is 5.26 Å². The number of nitriles is 1. The molecule has 4 heterocycles. The number of piperidine rings is 1. The molecular formula is C27H34N6OSi. The molecule has 35 heavy (non-hydrogen) atoms. The normalized spacial score (nSPS) is 15.7. The first-order chi connectivity index (χ1) is 16.9. The number of hydrogen-bond acceptors (Lipinski definition) is 5. The van der Waals surface area contributed by atoms with Gasteiger partial charge < -0.3 is 9.30 Å². The topological polar surface area (TPSA) is 71.4 Å². The molecule has 5 rings (SSSR count). The van der Waals surface area contributed by atoms with E-state index in [-0.39, 0.29) is 0 Å². The second kappa shape index (κ2) is 9.94. The highest BCUT2D eigenvalue weighted by molar-refractivity contribution is 6.76. The number of rotatable bonds is 8. The zero-order valence-corrected chi connectivity index (χ0v) is 21.9. The quantitative estimate of drug-likeness (QED) is 0.251. The van der Waals surface area contributed by atoms with Gasteiger partial charge in [-0.05, 0) is 55.7 Å². The molecule has 0 saturated carbocycles. The summed E-state index contributed by atoms with van der Waals surface area (Å²) in [6.07, 6.45) is 8.05. The molecule has 7 nitrogen and oxygen atoms in total. The van der Waals surface area contributed by atoms with E-state index in [9.17, 15) is 0 Å². The molecule has 0 bridgehead atoms. The van der Waals surface area contributed by atoms with Crippen LogP contribution in [0.15, 0.2) is 49.2 Å².